The summed E-state index contributed by atoms with van der Waals surface area (Å²) in [6, 6.07) is 6.58. The third kappa shape index (κ3) is 2.52. The predicted octanol–water partition coefficient (Wildman–Crippen LogP) is 3.47. The quantitative estimate of drug-likeness (QED) is 0.937. The number of hydrogen-bond acceptors (Lipinski definition) is 4. The first-order valence-corrected chi connectivity index (χ1v) is 8.03. The molecule has 20 heavy (non-hydrogen) atoms. The molecule has 0 atom stereocenters. The fourth-order valence-corrected chi connectivity index (χ4v) is 3.53. The maximum atomic E-state index is 4.74. The Hall–Kier alpha value is -1.55. The Morgan fingerprint density at radius 1 is 1.15 bits per heavy atom. The molecule has 4 heteroatoms. The molecular formula is C16H19N3S. The van der Waals surface area contributed by atoms with Gasteiger partial charge in [0.1, 0.15) is 11.6 Å². The van der Waals surface area contributed by atoms with Crippen molar-refractivity contribution in [2.45, 2.75) is 31.8 Å². The first kappa shape index (κ1) is 13.4. The van der Waals surface area contributed by atoms with E-state index in [0.717, 1.165) is 29.6 Å². The van der Waals surface area contributed by atoms with Gasteiger partial charge in [0.25, 0.3) is 0 Å². The van der Waals surface area contributed by atoms with E-state index >= 15 is 0 Å². The zero-order valence-corrected chi connectivity index (χ0v) is 13.0. The molecule has 1 aliphatic heterocycles. The van der Waals surface area contributed by atoms with Crippen LogP contribution < -0.4 is 5.32 Å². The van der Waals surface area contributed by atoms with Crippen molar-refractivity contribution in [3.63, 3.8) is 0 Å². The van der Waals surface area contributed by atoms with Gasteiger partial charge in [-0.1, -0.05) is 18.2 Å². The van der Waals surface area contributed by atoms with Gasteiger partial charge in [0.15, 0.2) is 0 Å². The van der Waals surface area contributed by atoms with Crippen molar-refractivity contribution in [3.05, 3.63) is 52.0 Å². The van der Waals surface area contributed by atoms with Crippen LogP contribution in [0.2, 0.25) is 0 Å². The molecule has 104 valence electrons. The molecule has 3 rings (SSSR count). The summed E-state index contributed by atoms with van der Waals surface area (Å²) in [7, 11) is 1.94. The van der Waals surface area contributed by atoms with Gasteiger partial charge < -0.3 is 5.32 Å². The molecule has 0 spiro atoms. The lowest BCUT2D eigenvalue weighted by Gasteiger charge is -2.10. The van der Waals surface area contributed by atoms with E-state index in [1.165, 1.54) is 27.9 Å². The Bertz CT molecular complexity index is 652. The third-order valence-corrected chi connectivity index (χ3v) is 4.76. The van der Waals surface area contributed by atoms with Crippen LogP contribution in [0, 0.1) is 13.8 Å². The molecule has 1 aromatic heterocycles. The predicted molar refractivity (Wildman–Crippen MR) is 85.3 cm³/mol. The third-order valence-electron chi connectivity index (χ3n) is 3.79. The Morgan fingerprint density at radius 3 is 2.75 bits per heavy atom. The minimum Gasteiger partial charge on any atom is -0.373 e. The number of anilines is 1. The standard InChI is InChI=1S/C16H19N3S/c1-10-4-5-12(6-11(10)2)7-15-18-14-9-20-8-13(14)16(17-3)19-15/h4-6H,7-9H2,1-3H3,(H,17,18,19). The number of benzene rings is 1. The number of thioether (sulfide) groups is 1. The summed E-state index contributed by atoms with van der Waals surface area (Å²) < 4.78 is 0. The first-order chi connectivity index (χ1) is 9.67. The summed E-state index contributed by atoms with van der Waals surface area (Å²) in [5, 5.41) is 3.21. The first-order valence-electron chi connectivity index (χ1n) is 6.87. The van der Waals surface area contributed by atoms with Gasteiger partial charge in [-0.15, -0.1) is 0 Å². The summed E-state index contributed by atoms with van der Waals surface area (Å²) in [5.41, 5.74) is 6.42. The number of fused-ring (bicyclic) bond motifs is 1. The van der Waals surface area contributed by atoms with Gasteiger partial charge in [0.05, 0.1) is 5.69 Å². The van der Waals surface area contributed by atoms with E-state index < -0.39 is 0 Å². The maximum Gasteiger partial charge on any atom is 0.135 e. The van der Waals surface area contributed by atoms with E-state index in [2.05, 4.69) is 42.3 Å². The average molecular weight is 285 g/mol. The van der Waals surface area contributed by atoms with Crippen molar-refractivity contribution in [2.24, 2.45) is 0 Å². The van der Waals surface area contributed by atoms with E-state index in [1.54, 1.807) is 0 Å². The molecule has 0 bridgehead atoms. The molecule has 2 aromatic rings. The lowest BCUT2D eigenvalue weighted by atomic mass is 10.0. The van der Waals surface area contributed by atoms with E-state index in [0.29, 0.717) is 0 Å². The largest absolute Gasteiger partial charge is 0.373 e. The van der Waals surface area contributed by atoms with Gasteiger partial charge in [-0.05, 0) is 30.5 Å². The SMILES string of the molecule is CNc1nc(Cc2ccc(C)c(C)c2)nc2c1CSC2. The minimum absolute atomic E-state index is 0.799. The molecule has 1 aliphatic rings. The van der Waals surface area contributed by atoms with E-state index in [1.807, 2.05) is 18.8 Å². The van der Waals surface area contributed by atoms with E-state index in [4.69, 9.17) is 4.98 Å². The van der Waals surface area contributed by atoms with Crippen LogP contribution in [0.15, 0.2) is 18.2 Å². The number of rotatable bonds is 3. The van der Waals surface area contributed by atoms with Crippen LogP contribution in [0.25, 0.3) is 0 Å². The zero-order valence-electron chi connectivity index (χ0n) is 12.2. The number of nitrogens with zero attached hydrogens (tertiary/aromatic N) is 2. The summed E-state index contributed by atoms with van der Waals surface area (Å²) in [5.74, 6) is 3.94. The van der Waals surface area contributed by atoms with Crippen LogP contribution in [0.4, 0.5) is 5.82 Å². The molecule has 1 N–H and O–H groups in total. The fraction of sp³-hybridized carbons (Fsp3) is 0.375. The highest BCUT2D eigenvalue weighted by Crippen LogP contribution is 2.32. The second-order valence-corrected chi connectivity index (χ2v) is 6.24. The molecule has 2 heterocycles. The minimum atomic E-state index is 0.799. The van der Waals surface area contributed by atoms with Crippen molar-refractivity contribution in [2.75, 3.05) is 12.4 Å². The van der Waals surface area contributed by atoms with Crippen molar-refractivity contribution >= 4 is 17.6 Å². The molecule has 0 amide bonds. The molecule has 0 radical (unpaired) electrons. The van der Waals surface area contributed by atoms with Gasteiger partial charge in [-0.3, -0.25) is 0 Å². The molecule has 0 saturated carbocycles. The zero-order chi connectivity index (χ0) is 14.1. The normalized spacial score (nSPS) is 13.3. The molecular weight excluding hydrogens is 266 g/mol. The van der Waals surface area contributed by atoms with Crippen molar-refractivity contribution < 1.29 is 0 Å². The highest BCUT2D eigenvalue weighted by molar-refractivity contribution is 7.98. The lowest BCUT2D eigenvalue weighted by molar-refractivity contribution is 0.928. The highest BCUT2D eigenvalue weighted by atomic mass is 32.2. The molecule has 0 fully saturated rings. The van der Waals surface area contributed by atoms with E-state index in [9.17, 15) is 0 Å². The van der Waals surface area contributed by atoms with Crippen LogP contribution in [-0.2, 0) is 17.9 Å². The molecule has 0 saturated heterocycles. The van der Waals surface area contributed by atoms with Crippen LogP contribution in [0.3, 0.4) is 0 Å². The van der Waals surface area contributed by atoms with Gasteiger partial charge in [-0.25, -0.2) is 9.97 Å². The van der Waals surface area contributed by atoms with E-state index in [-0.39, 0.29) is 0 Å². The second kappa shape index (κ2) is 5.44. The number of hydrogen-bond donors (Lipinski definition) is 1. The molecule has 1 aromatic carbocycles. The van der Waals surface area contributed by atoms with Crippen LogP contribution in [0.5, 0.6) is 0 Å². The summed E-state index contributed by atoms with van der Waals surface area (Å²) in [4.78, 5) is 9.41. The Balaban J connectivity index is 1.92. The van der Waals surface area contributed by atoms with Crippen LogP contribution >= 0.6 is 11.8 Å². The second-order valence-electron chi connectivity index (χ2n) is 5.25. The van der Waals surface area contributed by atoms with Crippen LogP contribution in [-0.4, -0.2) is 17.0 Å². The number of aryl methyl sites for hydroxylation is 2. The van der Waals surface area contributed by atoms with Crippen molar-refractivity contribution in [1.82, 2.24) is 9.97 Å². The Kier molecular flexibility index (Phi) is 3.66. The summed E-state index contributed by atoms with van der Waals surface area (Å²) in [6.45, 7) is 4.29. The van der Waals surface area contributed by atoms with Crippen molar-refractivity contribution in [3.8, 4) is 0 Å². The van der Waals surface area contributed by atoms with Gasteiger partial charge in [0.2, 0.25) is 0 Å². The number of nitrogens with one attached hydrogen (secondary N) is 1. The molecule has 0 aliphatic carbocycles. The Morgan fingerprint density at radius 2 is 2.00 bits per heavy atom. The van der Waals surface area contributed by atoms with Gasteiger partial charge >= 0.3 is 0 Å². The number of aromatic nitrogens is 2. The highest BCUT2D eigenvalue weighted by Gasteiger charge is 2.19. The van der Waals surface area contributed by atoms with Crippen molar-refractivity contribution in [1.29, 1.82) is 0 Å². The monoisotopic (exact) mass is 285 g/mol. The smallest absolute Gasteiger partial charge is 0.135 e. The average Bonchev–Trinajstić information content (AvgIpc) is 2.90. The van der Waals surface area contributed by atoms with Crippen LogP contribution in [0.1, 0.15) is 33.8 Å². The molecule has 3 nitrogen and oxygen atoms in total. The fourth-order valence-electron chi connectivity index (χ4n) is 2.48. The summed E-state index contributed by atoms with van der Waals surface area (Å²) in [6.07, 6.45) is 0.799. The topological polar surface area (TPSA) is 37.8 Å². The van der Waals surface area contributed by atoms with Gasteiger partial charge in [0, 0.05) is 30.5 Å². The lowest BCUT2D eigenvalue weighted by Crippen LogP contribution is -2.06. The summed E-state index contributed by atoms with van der Waals surface area (Å²) >= 11 is 1.91. The Labute approximate surface area is 124 Å². The van der Waals surface area contributed by atoms with Gasteiger partial charge in [-0.2, -0.15) is 11.8 Å². The maximum absolute atomic E-state index is 4.74. The molecule has 0 unspecified atom stereocenters.